The van der Waals surface area contributed by atoms with E-state index in [-0.39, 0.29) is 17.3 Å². The Hall–Kier alpha value is -2.61. The van der Waals surface area contributed by atoms with Crippen LogP contribution in [0.25, 0.3) is 0 Å². The lowest BCUT2D eigenvalue weighted by Crippen LogP contribution is -2.31. The van der Waals surface area contributed by atoms with Gasteiger partial charge in [0.1, 0.15) is 10.6 Å². The average Bonchev–Trinajstić information content (AvgIpc) is 2.94. The number of rotatable bonds is 4. The Balaban J connectivity index is 2.06. The monoisotopic (exact) mass is 307 g/mol. The van der Waals surface area contributed by atoms with Gasteiger partial charge in [-0.25, -0.2) is 14.6 Å². The Morgan fingerprint density at radius 3 is 2.76 bits per heavy atom. The van der Waals surface area contributed by atoms with E-state index in [0.29, 0.717) is 0 Å². The summed E-state index contributed by atoms with van der Waals surface area (Å²) in [6.07, 6.45) is 1.64. The Kier molecular flexibility index (Phi) is 4.39. The van der Waals surface area contributed by atoms with Crippen LogP contribution in [0.2, 0.25) is 0 Å². The second-order valence-electron chi connectivity index (χ2n) is 4.20. The number of carbonyl (C=O) groups excluding carboxylic acids is 1. The Labute approximate surface area is 124 Å². The van der Waals surface area contributed by atoms with Gasteiger partial charge < -0.3 is 20.8 Å². The van der Waals surface area contributed by atoms with Crippen LogP contribution in [0.5, 0.6) is 5.75 Å². The molecule has 1 unspecified atom stereocenters. The quantitative estimate of drug-likeness (QED) is 0.648. The van der Waals surface area contributed by atoms with E-state index in [2.05, 4.69) is 15.6 Å². The molecule has 0 radical (unpaired) electrons. The lowest BCUT2D eigenvalue weighted by molar-refractivity contribution is 0.0693. The second kappa shape index (κ2) is 6.23. The number of aromatic hydroxyl groups is 1. The molecule has 2 amide bonds. The highest BCUT2D eigenvalue weighted by Crippen LogP contribution is 2.27. The average molecular weight is 307 g/mol. The number of amides is 2. The molecule has 0 fully saturated rings. The van der Waals surface area contributed by atoms with Gasteiger partial charge in [0, 0.05) is 11.6 Å². The first kappa shape index (κ1) is 14.8. The molecule has 8 heteroatoms. The van der Waals surface area contributed by atoms with E-state index in [4.69, 9.17) is 5.11 Å². The normalized spacial score (nSPS) is 11.7. The van der Waals surface area contributed by atoms with Gasteiger partial charge in [-0.1, -0.05) is 6.07 Å². The highest BCUT2D eigenvalue weighted by molar-refractivity contribution is 7.09. The molecule has 1 heterocycles. The van der Waals surface area contributed by atoms with Crippen molar-refractivity contribution >= 4 is 29.0 Å². The summed E-state index contributed by atoms with van der Waals surface area (Å²) < 4.78 is 0. The third-order valence-electron chi connectivity index (χ3n) is 2.68. The molecule has 4 N–H and O–H groups in total. The molecule has 0 aliphatic heterocycles. The molecule has 1 atom stereocenters. The van der Waals surface area contributed by atoms with Crippen molar-refractivity contribution in [3.63, 3.8) is 0 Å². The number of aromatic nitrogens is 1. The standard InChI is InChI=1S/C13H13N3O4S/c1-7(11-14-5-6-21-11)15-13(20)16-9-4-2-3-8(10(9)17)12(18)19/h2-7,17H,1H3,(H,18,19)(H2,15,16,20). The number of carboxylic acids is 1. The summed E-state index contributed by atoms with van der Waals surface area (Å²) >= 11 is 1.41. The minimum atomic E-state index is -1.27. The zero-order valence-corrected chi connectivity index (χ0v) is 11.8. The van der Waals surface area contributed by atoms with Gasteiger partial charge in [0.05, 0.1) is 11.7 Å². The van der Waals surface area contributed by atoms with Gasteiger partial charge in [0.15, 0.2) is 5.75 Å². The molecule has 2 rings (SSSR count). The van der Waals surface area contributed by atoms with Gasteiger partial charge in [-0.15, -0.1) is 11.3 Å². The molecule has 1 aromatic heterocycles. The predicted octanol–water partition coefficient (Wildman–Crippen LogP) is 2.43. The summed E-state index contributed by atoms with van der Waals surface area (Å²) in [7, 11) is 0. The van der Waals surface area contributed by atoms with E-state index in [1.165, 1.54) is 29.5 Å². The molecule has 1 aromatic carbocycles. The molecular weight excluding hydrogens is 294 g/mol. The van der Waals surface area contributed by atoms with Crippen molar-refractivity contribution in [3.8, 4) is 5.75 Å². The highest BCUT2D eigenvalue weighted by Gasteiger charge is 2.16. The molecule has 21 heavy (non-hydrogen) atoms. The van der Waals surface area contributed by atoms with Gasteiger partial charge in [0.2, 0.25) is 0 Å². The number of phenols is 1. The SMILES string of the molecule is CC(NC(=O)Nc1cccc(C(=O)O)c1O)c1nccs1. The minimum Gasteiger partial charge on any atom is -0.505 e. The molecule has 7 nitrogen and oxygen atoms in total. The van der Waals surface area contributed by atoms with Crippen LogP contribution in [0.1, 0.15) is 28.3 Å². The molecular formula is C13H13N3O4S. The lowest BCUT2D eigenvalue weighted by Gasteiger charge is -2.13. The fourth-order valence-electron chi connectivity index (χ4n) is 1.68. The van der Waals surface area contributed by atoms with Gasteiger partial charge in [-0.2, -0.15) is 0 Å². The summed E-state index contributed by atoms with van der Waals surface area (Å²) in [5.41, 5.74) is -0.250. The number of nitrogens with zero attached hydrogens (tertiary/aromatic N) is 1. The summed E-state index contributed by atoms with van der Waals surface area (Å²) in [6.45, 7) is 1.77. The number of anilines is 1. The maximum Gasteiger partial charge on any atom is 0.339 e. The molecule has 110 valence electrons. The number of carboxylic acid groups (broad SMARTS) is 1. The Bertz CT molecular complexity index is 657. The van der Waals surface area contributed by atoms with Gasteiger partial charge in [0.25, 0.3) is 0 Å². The fourth-order valence-corrected chi connectivity index (χ4v) is 2.33. The molecule has 0 bridgehead atoms. The highest BCUT2D eigenvalue weighted by atomic mass is 32.1. The number of para-hydroxylation sites is 1. The van der Waals surface area contributed by atoms with E-state index in [9.17, 15) is 14.7 Å². The molecule has 2 aromatic rings. The first-order chi connectivity index (χ1) is 9.99. The smallest absolute Gasteiger partial charge is 0.339 e. The Morgan fingerprint density at radius 1 is 1.38 bits per heavy atom. The molecule has 0 spiro atoms. The maximum atomic E-state index is 11.8. The van der Waals surface area contributed by atoms with Crippen LogP contribution >= 0.6 is 11.3 Å². The number of hydrogen-bond acceptors (Lipinski definition) is 5. The van der Waals surface area contributed by atoms with Crippen molar-refractivity contribution in [2.24, 2.45) is 0 Å². The van der Waals surface area contributed by atoms with Crippen molar-refractivity contribution in [2.45, 2.75) is 13.0 Å². The van der Waals surface area contributed by atoms with E-state index >= 15 is 0 Å². The number of urea groups is 1. The Morgan fingerprint density at radius 2 is 2.14 bits per heavy atom. The number of nitrogens with one attached hydrogen (secondary N) is 2. The van der Waals surface area contributed by atoms with Crippen LogP contribution < -0.4 is 10.6 Å². The first-order valence-corrected chi connectivity index (χ1v) is 6.89. The zero-order valence-electron chi connectivity index (χ0n) is 11.0. The van der Waals surface area contributed by atoms with Gasteiger partial charge >= 0.3 is 12.0 Å². The van der Waals surface area contributed by atoms with Crippen LogP contribution in [-0.4, -0.2) is 27.2 Å². The van der Waals surface area contributed by atoms with Crippen molar-refractivity contribution < 1.29 is 19.8 Å². The largest absolute Gasteiger partial charge is 0.505 e. The van der Waals surface area contributed by atoms with Crippen molar-refractivity contribution in [1.29, 1.82) is 0 Å². The number of hydrogen-bond donors (Lipinski definition) is 4. The molecule has 0 aliphatic rings. The summed E-state index contributed by atoms with van der Waals surface area (Å²) in [4.78, 5) is 26.8. The van der Waals surface area contributed by atoms with E-state index in [1.807, 2.05) is 0 Å². The van der Waals surface area contributed by atoms with Crippen molar-refractivity contribution in [3.05, 3.63) is 40.3 Å². The second-order valence-corrected chi connectivity index (χ2v) is 5.12. The van der Waals surface area contributed by atoms with E-state index < -0.39 is 17.7 Å². The molecule has 0 aliphatic carbocycles. The molecule has 0 saturated carbocycles. The van der Waals surface area contributed by atoms with Crippen molar-refractivity contribution in [2.75, 3.05) is 5.32 Å². The lowest BCUT2D eigenvalue weighted by atomic mass is 10.1. The van der Waals surface area contributed by atoms with Crippen molar-refractivity contribution in [1.82, 2.24) is 10.3 Å². The fraction of sp³-hybridized carbons (Fsp3) is 0.154. The van der Waals surface area contributed by atoms with Gasteiger partial charge in [-0.05, 0) is 19.1 Å². The predicted molar refractivity (Wildman–Crippen MR) is 77.7 cm³/mol. The minimum absolute atomic E-state index is 0.0266. The number of benzene rings is 1. The van der Waals surface area contributed by atoms with Gasteiger partial charge in [-0.3, -0.25) is 0 Å². The van der Waals surface area contributed by atoms with Crippen LogP contribution in [0, 0.1) is 0 Å². The summed E-state index contributed by atoms with van der Waals surface area (Å²) in [6, 6.07) is 3.24. The third kappa shape index (κ3) is 3.48. The zero-order chi connectivity index (χ0) is 15.4. The maximum absolute atomic E-state index is 11.8. The van der Waals surface area contributed by atoms with E-state index in [0.717, 1.165) is 5.01 Å². The number of thiazole rings is 1. The number of carbonyl (C=O) groups is 2. The third-order valence-corrected chi connectivity index (χ3v) is 3.64. The first-order valence-electron chi connectivity index (χ1n) is 6.01. The molecule has 0 saturated heterocycles. The van der Waals surface area contributed by atoms with Crippen LogP contribution in [0.4, 0.5) is 10.5 Å². The van der Waals surface area contributed by atoms with Crippen LogP contribution in [-0.2, 0) is 0 Å². The summed E-state index contributed by atoms with van der Waals surface area (Å²) in [5.74, 6) is -1.75. The van der Waals surface area contributed by atoms with Crippen LogP contribution in [0.15, 0.2) is 29.8 Å². The number of aromatic carboxylic acids is 1. The van der Waals surface area contributed by atoms with E-state index in [1.54, 1.807) is 18.5 Å². The van der Waals surface area contributed by atoms with Crippen LogP contribution in [0.3, 0.4) is 0 Å². The summed E-state index contributed by atoms with van der Waals surface area (Å²) in [5, 5.41) is 26.3. The topological polar surface area (TPSA) is 112 Å².